The lowest BCUT2D eigenvalue weighted by Gasteiger charge is -2.20. The van der Waals surface area contributed by atoms with Crippen molar-refractivity contribution in [1.29, 1.82) is 0 Å². The summed E-state index contributed by atoms with van der Waals surface area (Å²) in [5.41, 5.74) is 7.83. The minimum atomic E-state index is 0.589. The van der Waals surface area contributed by atoms with Crippen LogP contribution in [0.5, 0.6) is 5.88 Å². The summed E-state index contributed by atoms with van der Waals surface area (Å²) in [4.78, 5) is 10.7. The summed E-state index contributed by atoms with van der Waals surface area (Å²) in [6.07, 6.45) is 0. The number of aryl methyl sites for hydroxylation is 1. The summed E-state index contributed by atoms with van der Waals surface area (Å²) in [5.74, 6) is 2.12. The molecule has 1 aromatic heterocycles. The van der Waals surface area contributed by atoms with Crippen LogP contribution in [-0.4, -0.2) is 23.6 Å². The molecule has 0 spiro atoms. The molecule has 2 rings (SSSR count). The first-order valence-corrected chi connectivity index (χ1v) is 6.63. The second kappa shape index (κ2) is 6.23. The van der Waals surface area contributed by atoms with Gasteiger partial charge in [0.2, 0.25) is 5.88 Å². The first-order valence-electron chi connectivity index (χ1n) is 6.63. The van der Waals surface area contributed by atoms with Crippen molar-refractivity contribution in [3.63, 3.8) is 0 Å². The van der Waals surface area contributed by atoms with Crippen LogP contribution in [0.25, 0.3) is 0 Å². The number of ether oxygens (including phenoxy) is 1. The summed E-state index contributed by atoms with van der Waals surface area (Å²) in [6.45, 7) is 5.07. The third kappa shape index (κ3) is 3.38. The molecule has 106 valence electrons. The zero-order valence-electron chi connectivity index (χ0n) is 12.1. The zero-order chi connectivity index (χ0) is 14.5. The summed E-state index contributed by atoms with van der Waals surface area (Å²) in [5, 5.41) is 0. The molecule has 0 fully saturated rings. The zero-order valence-corrected chi connectivity index (χ0v) is 12.1. The smallest absolute Gasteiger partial charge is 0.218 e. The molecule has 0 aliphatic carbocycles. The van der Waals surface area contributed by atoms with Gasteiger partial charge in [-0.1, -0.05) is 18.2 Å². The van der Waals surface area contributed by atoms with Gasteiger partial charge in [-0.15, -0.1) is 0 Å². The van der Waals surface area contributed by atoms with Crippen molar-refractivity contribution < 1.29 is 4.74 Å². The van der Waals surface area contributed by atoms with E-state index >= 15 is 0 Å². The molecule has 0 bridgehead atoms. The highest BCUT2D eigenvalue weighted by Crippen LogP contribution is 2.20. The second-order valence-electron chi connectivity index (χ2n) is 4.60. The normalized spacial score (nSPS) is 10.3. The quantitative estimate of drug-likeness (QED) is 0.847. The van der Waals surface area contributed by atoms with Crippen molar-refractivity contribution in [2.24, 2.45) is 0 Å². The lowest BCUT2D eigenvalue weighted by atomic mass is 10.2. The van der Waals surface area contributed by atoms with Crippen LogP contribution < -0.4 is 15.4 Å². The van der Waals surface area contributed by atoms with Crippen molar-refractivity contribution in [3.8, 4) is 5.88 Å². The standard InChI is InChI=1S/C15H20N4O/c1-4-20-15-9-14(17-11(2)18-15)19(3)10-12-7-5-6-8-13(12)16/h5-9H,4,10,16H2,1-3H3. The third-order valence-electron chi connectivity index (χ3n) is 2.95. The number of rotatable bonds is 5. The van der Waals surface area contributed by atoms with Gasteiger partial charge in [-0.25, -0.2) is 4.98 Å². The minimum Gasteiger partial charge on any atom is -0.478 e. The molecule has 0 radical (unpaired) electrons. The van der Waals surface area contributed by atoms with Crippen LogP contribution in [0.15, 0.2) is 30.3 Å². The van der Waals surface area contributed by atoms with Crippen LogP contribution in [-0.2, 0) is 6.54 Å². The Morgan fingerprint density at radius 1 is 1.25 bits per heavy atom. The molecule has 0 aliphatic rings. The van der Waals surface area contributed by atoms with Gasteiger partial charge in [0.1, 0.15) is 11.6 Å². The summed E-state index contributed by atoms with van der Waals surface area (Å²) >= 11 is 0. The van der Waals surface area contributed by atoms with Crippen LogP contribution >= 0.6 is 0 Å². The molecule has 1 aromatic carbocycles. The Morgan fingerprint density at radius 3 is 2.70 bits per heavy atom. The molecule has 1 heterocycles. The maximum atomic E-state index is 5.97. The topological polar surface area (TPSA) is 64.3 Å². The molecule has 20 heavy (non-hydrogen) atoms. The minimum absolute atomic E-state index is 0.589. The van der Waals surface area contributed by atoms with E-state index in [2.05, 4.69) is 9.97 Å². The molecule has 2 N–H and O–H groups in total. The fraction of sp³-hybridized carbons (Fsp3) is 0.333. The number of nitrogens with zero attached hydrogens (tertiary/aromatic N) is 3. The van der Waals surface area contributed by atoms with Crippen molar-refractivity contribution in [3.05, 3.63) is 41.7 Å². The van der Waals surface area contributed by atoms with Crippen LogP contribution in [0.3, 0.4) is 0 Å². The lowest BCUT2D eigenvalue weighted by Crippen LogP contribution is -2.19. The average Bonchev–Trinajstić information content (AvgIpc) is 2.41. The number of hydrogen-bond acceptors (Lipinski definition) is 5. The van der Waals surface area contributed by atoms with E-state index in [9.17, 15) is 0 Å². The van der Waals surface area contributed by atoms with Crippen molar-refractivity contribution in [2.75, 3.05) is 24.3 Å². The van der Waals surface area contributed by atoms with E-state index < -0.39 is 0 Å². The van der Waals surface area contributed by atoms with Gasteiger partial charge >= 0.3 is 0 Å². The molecular formula is C15H20N4O. The fourth-order valence-electron chi connectivity index (χ4n) is 1.96. The Kier molecular flexibility index (Phi) is 4.40. The number of para-hydroxylation sites is 1. The molecule has 0 atom stereocenters. The molecular weight excluding hydrogens is 252 g/mol. The average molecular weight is 272 g/mol. The SMILES string of the molecule is CCOc1cc(N(C)Cc2ccccc2N)nc(C)n1. The number of benzene rings is 1. The Balaban J connectivity index is 2.20. The van der Waals surface area contributed by atoms with Crippen LogP contribution in [0.1, 0.15) is 18.3 Å². The van der Waals surface area contributed by atoms with Crippen LogP contribution in [0.4, 0.5) is 11.5 Å². The number of aromatic nitrogens is 2. The highest BCUT2D eigenvalue weighted by Gasteiger charge is 2.09. The van der Waals surface area contributed by atoms with Gasteiger partial charge in [0.25, 0.3) is 0 Å². The predicted octanol–water partition coefficient (Wildman–Crippen LogP) is 2.40. The van der Waals surface area contributed by atoms with E-state index in [1.165, 1.54) is 0 Å². The van der Waals surface area contributed by atoms with E-state index in [0.717, 1.165) is 17.1 Å². The van der Waals surface area contributed by atoms with E-state index in [-0.39, 0.29) is 0 Å². The predicted molar refractivity (Wildman–Crippen MR) is 80.9 cm³/mol. The Morgan fingerprint density at radius 2 is 2.00 bits per heavy atom. The molecule has 5 nitrogen and oxygen atoms in total. The Hall–Kier alpha value is -2.30. The van der Waals surface area contributed by atoms with Crippen LogP contribution in [0, 0.1) is 6.92 Å². The highest BCUT2D eigenvalue weighted by atomic mass is 16.5. The lowest BCUT2D eigenvalue weighted by molar-refractivity contribution is 0.325. The number of hydrogen-bond donors (Lipinski definition) is 1. The molecule has 0 aliphatic heterocycles. The molecule has 0 amide bonds. The fourth-order valence-corrected chi connectivity index (χ4v) is 1.96. The van der Waals surface area contributed by atoms with E-state index in [1.54, 1.807) is 0 Å². The number of anilines is 2. The van der Waals surface area contributed by atoms with E-state index in [0.29, 0.717) is 24.9 Å². The van der Waals surface area contributed by atoms with Gasteiger partial charge in [-0.3, -0.25) is 0 Å². The number of nitrogen functional groups attached to an aromatic ring is 1. The van der Waals surface area contributed by atoms with Gasteiger partial charge < -0.3 is 15.4 Å². The van der Waals surface area contributed by atoms with Gasteiger partial charge in [0.15, 0.2) is 0 Å². The molecule has 0 saturated heterocycles. The van der Waals surface area contributed by atoms with Gasteiger partial charge in [0.05, 0.1) is 6.61 Å². The monoisotopic (exact) mass is 272 g/mol. The molecule has 0 unspecified atom stereocenters. The summed E-state index contributed by atoms with van der Waals surface area (Å²) in [6, 6.07) is 9.68. The number of nitrogens with two attached hydrogens (primary N) is 1. The van der Waals surface area contributed by atoms with Crippen LogP contribution in [0.2, 0.25) is 0 Å². The first kappa shape index (κ1) is 14.1. The van der Waals surface area contributed by atoms with Gasteiger partial charge in [0, 0.05) is 25.3 Å². The summed E-state index contributed by atoms with van der Waals surface area (Å²) in [7, 11) is 1.98. The molecule has 2 aromatic rings. The Bertz CT molecular complexity index is 586. The Labute approximate surface area is 119 Å². The largest absolute Gasteiger partial charge is 0.478 e. The van der Waals surface area contributed by atoms with Gasteiger partial charge in [-0.2, -0.15) is 4.98 Å². The van der Waals surface area contributed by atoms with Crippen molar-refractivity contribution >= 4 is 11.5 Å². The van der Waals surface area contributed by atoms with Crippen molar-refractivity contribution in [2.45, 2.75) is 20.4 Å². The van der Waals surface area contributed by atoms with E-state index in [4.69, 9.17) is 10.5 Å². The maximum Gasteiger partial charge on any atom is 0.218 e. The molecule has 5 heteroatoms. The second-order valence-corrected chi connectivity index (χ2v) is 4.60. The maximum absolute atomic E-state index is 5.97. The summed E-state index contributed by atoms with van der Waals surface area (Å²) < 4.78 is 5.45. The third-order valence-corrected chi connectivity index (χ3v) is 2.95. The highest BCUT2D eigenvalue weighted by molar-refractivity contribution is 5.50. The molecule has 0 saturated carbocycles. The van der Waals surface area contributed by atoms with Gasteiger partial charge in [-0.05, 0) is 25.5 Å². The first-order chi connectivity index (χ1) is 9.60. The van der Waals surface area contributed by atoms with E-state index in [1.807, 2.05) is 56.1 Å². The van der Waals surface area contributed by atoms with Crippen molar-refractivity contribution in [1.82, 2.24) is 9.97 Å².